The van der Waals surface area contributed by atoms with Crippen LogP contribution in [0, 0.1) is 0 Å². The zero-order chi connectivity index (χ0) is 11.1. The summed E-state index contributed by atoms with van der Waals surface area (Å²) in [5, 5.41) is 1.30. The molecule has 4 heteroatoms. The fraction of sp³-hybridized carbons (Fsp3) is 0.455. The van der Waals surface area contributed by atoms with Crippen LogP contribution in [0.4, 0.5) is 0 Å². The first-order valence-corrected chi connectivity index (χ1v) is 9.05. The maximum atomic E-state index is 5.97. The lowest BCUT2D eigenvalue weighted by molar-refractivity contribution is 0.174. The molecule has 15 heavy (non-hydrogen) atoms. The second-order valence-electron chi connectivity index (χ2n) is 4.72. The van der Waals surface area contributed by atoms with Crippen molar-refractivity contribution in [1.29, 1.82) is 0 Å². The standard InChI is InChI=1S/C11H15ClO2Si/c1-15(2,3)11-8(6-12)4-5-9-10(11)14-7-13-9/h4-5H,6-7H2,1-3H3. The molecule has 0 aromatic heterocycles. The van der Waals surface area contributed by atoms with Crippen molar-refractivity contribution in [3.05, 3.63) is 17.7 Å². The van der Waals surface area contributed by atoms with E-state index in [-0.39, 0.29) is 0 Å². The van der Waals surface area contributed by atoms with E-state index in [2.05, 4.69) is 19.6 Å². The third-order valence-corrected chi connectivity index (χ3v) is 4.86. The quantitative estimate of drug-likeness (QED) is 0.587. The first-order valence-electron chi connectivity index (χ1n) is 5.02. The fourth-order valence-electron chi connectivity index (χ4n) is 1.95. The molecule has 2 nitrogen and oxygen atoms in total. The van der Waals surface area contributed by atoms with E-state index in [4.69, 9.17) is 21.1 Å². The van der Waals surface area contributed by atoms with Gasteiger partial charge in [-0.25, -0.2) is 0 Å². The van der Waals surface area contributed by atoms with Gasteiger partial charge in [0.15, 0.2) is 11.5 Å². The molecule has 0 unspecified atom stereocenters. The van der Waals surface area contributed by atoms with Crippen LogP contribution in [-0.2, 0) is 5.88 Å². The molecule has 0 radical (unpaired) electrons. The van der Waals surface area contributed by atoms with Gasteiger partial charge in [-0.1, -0.05) is 25.7 Å². The predicted molar refractivity (Wildman–Crippen MR) is 65.1 cm³/mol. The summed E-state index contributed by atoms with van der Waals surface area (Å²) >= 11 is 5.97. The monoisotopic (exact) mass is 242 g/mol. The highest BCUT2D eigenvalue weighted by Gasteiger charge is 2.29. The van der Waals surface area contributed by atoms with Crippen molar-refractivity contribution in [2.75, 3.05) is 6.79 Å². The summed E-state index contributed by atoms with van der Waals surface area (Å²) in [5.41, 5.74) is 1.18. The van der Waals surface area contributed by atoms with E-state index in [1.54, 1.807) is 0 Å². The lowest BCUT2D eigenvalue weighted by Crippen LogP contribution is -2.40. The topological polar surface area (TPSA) is 18.5 Å². The average molecular weight is 243 g/mol. The van der Waals surface area contributed by atoms with Crippen molar-refractivity contribution in [2.45, 2.75) is 25.5 Å². The van der Waals surface area contributed by atoms with Crippen molar-refractivity contribution in [3.63, 3.8) is 0 Å². The SMILES string of the molecule is C[Si](C)(C)c1c(CCl)ccc2c1OCO2. The van der Waals surface area contributed by atoms with Gasteiger partial charge < -0.3 is 9.47 Å². The lowest BCUT2D eigenvalue weighted by Gasteiger charge is -2.21. The van der Waals surface area contributed by atoms with Crippen LogP contribution in [-0.4, -0.2) is 14.9 Å². The third-order valence-electron chi connectivity index (χ3n) is 2.52. The number of benzene rings is 1. The Bertz CT molecular complexity index is 385. The first-order chi connectivity index (χ1) is 7.04. The van der Waals surface area contributed by atoms with Crippen molar-refractivity contribution in [3.8, 4) is 11.5 Å². The second kappa shape index (κ2) is 3.72. The van der Waals surface area contributed by atoms with Gasteiger partial charge in [-0.05, 0) is 16.8 Å². The summed E-state index contributed by atoms with van der Waals surface area (Å²) in [4.78, 5) is 0. The molecule has 0 N–H and O–H groups in total. The van der Waals surface area contributed by atoms with Crippen LogP contribution in [0.5, 0.6) is 11.5 Å². The molecular weight excluding hydrogens is 228 g/mol. The molecule has 1 heterocycles. The summed E-state index contributed by atoms with van der Waals surface area (Å²) in [5.74, 6) is 2.32. The lowest BCUT2D eigenvalue weighted by atomic mass is 10.2. The molecule has 1 aliphatic heterocycles. The highest BCUT2D eigenvalue weighted by atomic mass is 35.5. The second-order valence-corrected chi connectivity index (χ2v) is 9.98. The van der Waals surface area contributed by atoms with E-state index >= 15 is 0 Å². The molecule has 0 saturated carbocycles. The Morgan fingerprint density at radius 2 is 2.00 bits per heavy atom. The molecule has 1 aromatic carbocycles. The van der Waals surface area contributed by atoms with Crippen LogP contribution in [0.3, 0.4) is 0 Å². The Balaban J connectivity index is 2.63. The van der Waals surface area contributed by atoms with Crippen molar-refractivity contribution in [1.82, 2.24) is 0 Å². The van der Waals surface area contributed by atoms with Gasteiger partial charge in [0, 0.05) is 5.88 Å². The Kier molecular flexibility index (Phi) is 2.69. The molecule has 0 amide bonds. The van der Waals surface area contributed by atoms with Crippen molar-refractivity contribution < 1.29 is 9.47 Å². The van der Waals surface area contributed by atoms with E-state index in [0.29, 0.717) is 12.7 Å². The van der Waals surface area contributed by atoms with Crippen molar-refractivity contribution in [2.24, 2.45) is 0 Å². The summed E-state index contributed by atoms with van der Waals surface area (Å²) in [6.07, 6.45) is 0. The van der Waals surface area contributed by atoms with Gasteiger partial charge in [-0.3, -0.25) is 0 Å². The minimum Gasteiger partial charge on any atom is -0.454 e. The number of halogens is 1. The number of hydrogen-bond acceptors (Lipinski definition) is 2. The molecule has 82 valence electrons. The Morgan fingerprint density at radius 3 is 2.60 bits per heavy atom. The van der Waals surface area contributed by atoms with E-state index in [0.717, 1.165) is 11.5 Å². The maximum absolute atomic E-state index is 5.97. The van der Waals surface area contributed by atoms with E-state index in [9.17, 15) is 0 Å². The van der Waals surface area contributed by atoms with E-state index in [1.165, 1.54) is 10.8 Å². The molecule has 1 aliphatic rings. The maximum Gasteiger partial charge on any atom is 0.231 e. The van der Waals surface area contributed by atoms with Gasteiger partial charge in [-0.2, -0.15) is 0 Å². The summed E-state index contributed by atoms with van der Waals surface area (Å²) in [6, 6.07) is 4.00. The van der Waals surface area contributed by atoms with Gasteiger partial charge in [0.05, 0.1) is 8.07 Å². The Morgan fingerprint density at radius 1 is 1.27 bits per heavy atom. The largest absolute Gasteiger partial charge is 0.454 e. The minimum atomic E-state index is -1.45. The summed E-state index contributed by atoms with van der Waals surface area (Å²) in [6.45, 7) is 7.21. The molecule has 2 rings (SSSR count). The number of fused-ring (bicyclic) bond motifs is 1. The third kappa shape index (κ3) is 1.86. The van der Waals surface area contributed by atoms with Gasteiger partial charge >= 0.3 is 0 Å². The van der Waals surface area contributed by atoms with E-state index in [1.807, 2.05) is 12.1 Å². The summed E-state index contributed by atoms with van der Waals surface area (Å²) in [7, 11) is -1.45. The van der Waals surface area contributed by atoms with Gasteiger partial charge in [0.25, 0.3) is 0 Å². The van der Waals surface area contributed by atoms with Crippen LogP contribution < -0.4 is 14.7 Å². The number of rotatable bonds is 2. The molecule has 0 bridgehead atoms. The molecule has 0 aliphatic carbocycles. The molecule has 0 fully saturated rings. The molecule has 0 spiro atoms. The normalized spacial score (nSPS) is 14.4. The number of hydrogen-bond donors (Lipinski definition) is 0. The van der Waals surface area contributed by atoms with Crippen LogP contribution in [0.1, 0.15) is 5.56 Å². The zero-order valence-corrected chi connectivity index (χ0v) is 11.0. The van der Waals surface area contributed by atoms with Gasteiger partial charge in [-0.15, -0.1) is 11.6 Å². The summed E-state index contributed by atoms with van der Waals surface area (Å²) < 4.78 is 10.9. The minimum absolute atomic E-state index is 0.332. The van der Waals surface area contributed by atoms with Crippen molar-refractivity contribution >= 4 is 24.9 Å². The van der Waals surface area contributed by atoms with Gasteiger partial charge in [0.2, 0.25) is 6.79 Å². The van der Waals surface area contributed by atoms with Crippen LogP contribution >= 0.6 is 11.6 Å². The van der Waals surface area contributed by atoms with Crippen LogP contribution in [0.15, 0.2) is 12.1 Å². The fourth-order valence-corrected chi connectivity index (χ4v) is 4.29. The van der Waals surface area contributed by atoms with Crippen LogP contribution in [0.25, 0.3) is 0 Å². The highest BCUT2D eigenvalue weighted by molar-refractivity contribution is 6.89. The molecular formula is C11H15ClO2Si. The number of alkyl halides is 1. The Labute approximate surface area is 96.2 Å². The average Bonchev–Trinajstić information content (AvgIpc) is 2.61. The highest BCUT2D eigenvalue weighted by Crippen LogP contribution is 2.33. The predicted octanol–water partition coefficient (Wildman–Crippen LogP) is 2.70. The molecule has 1 aromatic rings. The first kappa shape index (κ1) is 10.8. The van der Waals surface area contributed by atoms with Gasteiger partial charge in [0.1, 0.15) is 0 Å². The zero-order valence-electron chi connectivity index (χ0n) is 9.26. The molecule has 0 saturated heterocycles. The smallest absolute Gasteiger partial charge is 0.231 e. The molecule has 0 atom stereocenters. The number of ether oxygens (including phenoxy) is 2. The Hall–Kier alpha value is -0.673. The van der Waals surface area contributed by atoms with E-state index < -0.39 is 8.07 Å². The van der Waals surface area contributed by atoms with Crippen LogP contribution in [0.2, 0.25) is 19.6 Å².